The van der Waals surface area contributed by atoms with Crippen LogP contribution in [0.4, 0.5) is 5.69 Å². The van der Waals surface area contributed by atoms with E-state index in [4.69, 9.17) is 5.11 Å². The third kappa shape index (κ3) is 2.71. The molecule has 1 amide bonds. The van der Waals surface area contributed by atoms with Crippen molar-refractivity contribution in [1.82, 2.24) is 8.75 Å². The van der Waals surface area contributed by atoms with Crippen molar-refractivity contribution >= 4 is 45.2 Å². The van der Waals surface area contributed by atoms with E-state index in [0.717, 1.165) is 11.7 Å². The number of hydrogen-bond donors (Lipinski definition) is 2. The number of nitrogens with zero attached hydrogens (tertiary/aromatic N) is 2. The number of carbonyl (C=O) groups is 2. The van der Waals surface area contributed by atoms with Crippen molar-refractivity contribution in [2.45, 2.75) is 0 Å². The van der Waals surface area contributed by atoms with Crippen LogP contribution in [0.1, 0.15) is 20.8 Å². The minimum Gasteiger partial charge on any atom is -0.478 e. The second kappa shape index (κ2) is 5.23. The fourth-order valence-corrected chi connectivity index (χ4v) is 2.03. The molecule has 6 nitrogen and oxygen atoms in total. The molecule has 0 saturated heterocycles. The van der Waals surface area contributed by atoms with E-state index in [-0.39, 0.29) is 16.9 Å². The molecule has 18 heavy (non-hydrogen) atoms. The lowest BCUT2D eigenvalue weighted by Crippen LogP contribution is -2.15. The van der Waals surface area contributed by atoms with E-state index in [9.17, 15) is 9.59 Å². The summed E-state index contributed by atoms with van der Waals surface area (Å²) in [7, 11) is 0. The highest BCUT2D eigenvalue weighted by molar-refractivity contribution is 9.10. The van der Waals surface area contributed by atoms with Crippen LogP contribution in [0.2, 0.25) is 0 Å². The van der Waals surface area contributed by atoms with Gasteiger partial charge >= 0.3 is 5.97 Å². The molecule has 0 aliphatic heterocycles. The number of carboxylic acid groups (broad SMARTS) is 1. The third-order valence-electron chi connectivity index (χ3n) is 2.05. The Morgan fingerprint density at radius 2 is 2.17 bits per heavy atom. The van der Waals surface area contributed by atoms with E-state index in [0.29, 0.717) is 4.47 Å². The summed E-state index contributed by atoms with van der Waals surface area (Å²) < 4.78 is 8.14. The van der Waals surface area contributed by atoms with E-state index < -0.39 is 11.9 Å². The number of aromatic carboxylic acids is 1. The Bertz CT molecular complexity index is 600. The van der Waals surface area contributed by atoms with Gasteiger partial charge in [0.1, 0.15) is 0 Å². The van der Waals surface area contributed by atoms with E-state index >= 15 is 0 Å². The molecule has 1 aromatic heterocycles. The van der Waals surface area contributed by atoms with Crippen molar-refractivity contribution in [3.8, 4) is 0 Å². The molecular formula is C10H6BrN3O3S. The molecule has 2 N–H and O–H groups in total. The summed E-state index contributed by atoms with van der Waals surface area (Å²) in [6.45, 7) is 0. The molecule has 1 aromatic carbocycles. The monoisotopic (exact) mass is 327 g/mol. The number of rotatable bonds is 3. The number of aromatic nitrogens is 2. The number of benzene rings is 1. The van der Waals surface area contributed by atoms with Crippen LogP contribution in [0.5, 0.6) is 0 Å². The van der Waals surface area contributed by atoms with Crippen molar-refractivity contribution in [3.05, 3.63) is 40.1 Å². The molecule has 0 radical (unpaired) electrons. The topological polar surface area (TPSA) is 92.2 Å². The van der Waals surface area contributed by atoms with Gasteiger partial charge in [0.15, 0.2) is 5.69 Å². The SMILES string of the molecule is O=C(Nc1cc(Br)ccc1C(=O)O)c1cnsn1. The predicted molar refractivity (Wildman–Crippen MR) is 69.0 cm³/mol. The summed E-state index contributed by atoms with van der Waals surface area (Å²) in [5.41, 5.74) is 0.362. The van der Waals surface area contributed by atoms with Gasteiger partial charge in [-0.3, -0.25) is 4.79 Å². The molecule has 0 aliphatic rings. The standard InChI is InChI=1S/C10H6BrN3O3S/c11-5-1-2-6(10(16)17)7(3-5)13-9(15)8-4-12-18-14-8/h1-4H,(H,13,15)(H,16,17). The summed E-state index contributed by atoms with van der Waals surface area (Å²) in [4.78, 5) is 22.8. The fraction of sp³-hybridized carbons (Fsp3) is 0. The smallest absolute Gasteiger partial charge is 0.337 e. The molecule has 92 valence electrons. The van der Waals surface area contributed by atoms with Gasteiger partial charge in [-0.25, -0.2) is 4.79 Å². The molecule has 0 atom stereocenters. The van der Waals surface area contributed by atoms with Gasteiger partial charge in [0.2, 0.25) is 0 Å². The van der Waals surface area contributed by atoms with Crippen molar-refractivity contribution in [3.63, 3.8) is 0 Å². The lowest BCUT2D eigenvalue weighted by molar-refractivity contribution is 0.0698. The third-order valence-corrected chi connectivity index (χ3v) is 3.03. The Morgan fingerprint density at radius 1 is 1.39 bits per heavy atom. The molecule has 0 unspecified atom stereocenters. The predicted octanol–water partition coefficient (Wildman–Crippen LogP) is 2.25. The normalized spacial score (nSPS) is 10.1. The van der Waals surface area contributed by atoms with E-state index in [1.54, 1.807) is 6.07 Å². The van der Waals surface area contributed by atoms with Gasteiger partial charge in [-0.15, -0.1) is 0 Å². The quantitative estimate of drug-likeness (QED) is 0.901. The summed E-state index contributed by atoms with van der Waals surface area (Å²) in [5.74, 6) is -1.61. The van der Waals surface area contributed by atoms with Crippen LogP contribution in [0.3, 0.4) is 0 Å². The first-order valence-electron chi connectivity index (χ1n) is 4.69. The van der Waals surface area contributed by atoms with Gasteiger partial charge in [0.05, 0.1) is 29.2 Å². The van der Waals surface area contributed by atoms with E-state index in [1.807, 2.05) is 0 Å². The fourth-order valence-electron chi connectivity index (χ4n) is 1.26. The van der Waals surface area contributed by atoms with Crippen molar-refractivity contribution < 1.29 is 14.7 Å². The lowest BCUT2D eigenvalue weighted by Gasteiger charge is -2.07. The Morgan fingerprint density at radius 3 is 2.78 bits per heavy atom. The summed E-state index contributed by atoms with van der Waals surface area (Å²) in [6, 6.07) is 4.51. The zero-order chi connectivity index (χ0) is 13.1. The molecule has 0 saturated carbocycles. The Kier molecular flexibility index (Phi) is 3.68. The summed E-state index contributed by atoms with van der Waals surface area (Å²) in [5, 5.41) is 11.5. The van der Waals surface area contributed by atoms with Crippen LogP contribution >= 0.6 is 27.7 Å². The van der Waals surface area contributed by atoms with Crippen LogP contribution < -0.4 is 5.32 Å². The average molecular weight is 328 g/mol. The molecule has 0 aliphatic carbocycles. The molecule has 2 aromatic rings. The average Bonchev–Trinajstić information content (AvgIpc) is 2.81. The minimum atomic E-state index is -1.12. The zero-order valence-electron chi connectivity index (χ0n) is 8.75. The number of carbonyl (C=O) groups excluding carboxylic acids is 1. The highest BCUT2D eigenvalue weighted by Crippen LogP contribution is 2.22. The number of anilines is 1. The Balaban J connectivity index is 2.31. The van der Waals surface area contributed by atoms with E-state index in [1.165, 1.54) is 18.3 Å². The molecular weight excluding hydrogens is 322 g/mol. The maximum absolute atomic E-state index is 11.7. The maximum Gasteiger partial charge on any atom is 0.337 e. The van der Waals surface area contributed by atoms with Crippen LogP contribution in [0.15, 0.2) is 28.9 Å². The second-order valence-corrected chi connectivity index (χ2v) is 4.71. The molecule has 0 bridgehead atoms. The van der Waals surface area contributed by atoms with Crippen LogP contribution in [-0.4, -0.2) is 25.7 Å². The van der Waals surface area contributed by atoms with Crippen LogP contribution in [0.25, 0.3) is 0 Å². The van der Waals surface area contributed by atoms with Gasteiger partial charge < -0.3 is 10.4 Å². The Hall–Kier alpha value is -1.80. The number of amides is 1. The first-order chi connectivity index (χ1) is 8.58. The van der Waals surface area contributed by atoms with Crippen molar-refractivity contribution in [2.75, 3.05) is 5.32 Å². The van der Waals surface area contributed by atoms with Gasteiger partial charge in [-0.05, 0) is 18.2 Å². The van der Waals surface area contributed by atoms with Crippen LogP contribution in [0, 0.1) is 0 Å². The minimum absolute atomic E-state index is 0.00902. The zero-order valence-corrected chi connectivity index (χ0v) is 11.2. The highest BCUT2D eigenvalue weighted by atomic mass is 79.9. The number of nitrogens with one attached hydrogen (secondary N) is 1. The first-order valence-corrected chi connectivity index (χ1v) is 6.22. The first kappa shape index (κ1) is 12.7. The van der Waals surface area contributed by atoms with Gasteiger partial charge in [-0.2, -0.15) is 8.75 Å². The van der Waals surface area contributed by atoms with Gasteiger partial charge in [0, 0.05) is 4.47 Å². The highest BCUT2D eigenvalue weighted by Gasteiger charge is 2.15. The number of halogens is 1. The Labute approximate surface area is 114 Å². The van der Waals surface area contributed by atoms with Crippen molar-refractivity contribution in [2.24, 2.45) is 0 Å². The molecule has 8 heteroatoms. The largest absolute Gasteiger partial charge is 0.478 e. The lowest BCUT2D eigenvalue weighted by atomic mass is 10.2. The summed E-state index contributed by atoms with van der Waals surface area (Å²) >= 11 is 4.12. The van der Waals surface area contributed by atoms with Gasteiger partial charge in [0.25, 0.3) is 5.91 Å². The number of carboxylic acids is 1. The van der Waals surface area contributed by atoms with E-state index in [2.05, 4.69) is 30.0 Å². The summed E-state index contributed by atoms with van der Waals surface area (Å²) in [6.07, 6.45) is 1.32. The van der Waals surface area contributed by atoms with Crippen molar-refractivity contribution in [1.29, 1.82) is 0 Å². The second-order valence-electron chi connectivity index (χ2n) is 3.24. The number of hydrogen-bond acceptors (Lipinski definition) is 5. The molecule has 0 fully saturated rings. The molecule has 2 rings (SSSR count). The molecule has 0 spiro atoms. The van der Waals surface area contributed by atoms with Gasteiger partial charge in [-0.1, -0.05) is 15.9 Å². The maximum atomic E-state index is 11.7. The molecule has 1 heterocycles. The van der Waals surface area contributed by atoms with Crippen LogP contribution in [-0.2, 0) is 0 Å².